The smallest absolute Gasteiger partial charge is 0.159 e. The second-order valence-corrected chi connectivity index (χ2v) is 8.80. The molecule has 0 spiro atoms. The lowest BCUT2D eigenvalue weighted by atomic mass is 10.0. The molecule has 0 unspecified atom stereocenters. The Morgan fingerprint density at radius 1 is 1.22 bits per heavy atom. The van der Waals surface area contributed by atoms with E-state index < -0.39 is 14.6 Å². The summed E-state index contributed by atoms with van der Waals surface area (Å²) in [7, 11) is -3.07. The molecule has 1 aromatic heterocycles. The minimum atomic E-state index is -3.07. The molecule has 0 atom stereocenters. The van der Waals surface area contributed by atoms with Crippen LogP contribution in [0.5, 0.6) is 0 Å². The van der Waals surface area contributed by atoms with Gasteiger partial charge in [0.15, 0.2) is 9.84 Å². The van der Waals surface area contributed by atoms with Gasteiger partial charge in [-0.2, -0.15) is 0 Å². The van der Waals surface area contributed by atoms with Crippen LogP contribution in [-0.4, -0.2) is 42.0 Å². The van der Waals surface area contributed by atoms with Crippen molar-refractivity contribution in [3.05, 3.63) is 30.1 Å². The SMILES string of the molecule is CCC1(CC)CN(c2ncnc3cccc(C)c23)CCS1(=O)=O. The van der Waals surface area contributed by atoms with E-state index >= 15 is 0 Å². The first-order valence-corrected chi connectivity index (χ1v) is 9.77. The van der Waals surface area contributed by atoms with Crippen LogP contribution in [0.1, 0.15) is 32.3 Å². The standard InChI is InChI=1S/C17H23N3O2S/c1-4-17(5-2)11-20(9-10-23(17,21)22)16-15-13(3)7-6-8-14(15)18-12-19-16/h6-8,12H,4-5,9-11H2,1-3H3. The monoisotopic (exact) mass is 333 g/mol. The summed E-state index contributed by atoms with van der Waals surface area (Å²) < 4.78 is 24.6. The summed E-state index contributed by atoms with van der Waals surface area (Å²) in [5.41, 5.74) is 2.02. The fraction of sp³-hybridized carbons (Fsp3) is 0.529. The minimum Gasteiger partial charge on any atom is -0.353 e. The van der Waals surface area contributed by atoms with Crippen LogP contribution < -0.4 is 4.90 Å². The Balaban J connectivity index is 2.11. The highest BCUT2D eigenvalue weighted by molar-refractivity contribution is 7.92. The van der Waals surface area contributed by atoms with Crippen LogP contribution in [0.2, 0.25) is 0 Å². The van der Waals surface area contributed by atoms with Crippen LogP contribution in [0.15, 0.2) is 24.5 Å². The molecule has 0 saturated carbocycles. The number of sulfone groups is 1. The number of aryl methyl sites for hydroxylation is 1. The van der Waals surface area contributed by atoms with Crippen molar-refractivity contribution in [1.29, 1.82) is 0 Å². The molecule has 1 aromatic carbocycles. The van der Waals surface area contributed by atoms with E-state index in [1.54, 1.807) is 6.33 Å². The Bertz CT molecular complexity index is 824. The molecule has 124 valence electrons. The van der Waals surface area contributed by atoms with E-state index in [0.717, 1.165) is 22.3 Å². The molecule has 0 amide bonds. The van der Waals surface area contributed by atoms with Gasteiger partial charge in [-0.05, 0) is 31.4 Å². The predicted octanol–water partition coefficient (Wildman–Crippen LogP) is 2.73. The molecule has 1 fully saturated rings. The number of nitrogens with zero attached hydrogens (tertiary/aromatic N) is 3. The van der Waals surface area contributed by atoms with Gasteiger partial charge in [-0.15, -0.1) is 0 Å². The van der Waals surface area contributed by atoms with Crippen molar-refractivity contribution in [2.45, 2.75) is 38.4 Å². The van der Waals surface area contributed by atoms with Gasteiger partial charge >= 0.3 is 0 Å². The predicted molar refractivity (Wildman–Crippen MR) is 93.6 cm³/mol. The maximum Gasteiger partial charge on any atom is 0.159 e. The zero-order valence-electron chi connectivity index (χ0n) is 13.9. The summed E-state index contributed by atoms with van der Waals surface area (Å²) in [6.45, 7) is 6.97. The number of rotatable bonds is 3. The third kappa shape index (κ3) is 2.49. The lowest BCUT2D eigenvalue weighted by Gasteiger charge is -2.42. The molecule has 2 heterocycles. The zero-order valence-corrected chi connectivity index (χ0v) is 14.7. The molecule has 6 heteroatoms. The van der Waals surface area contributed by atoms with Gasteiger partial charge in [0.05, 0.1) is 16.0 Å². The zero-order chi connectivity index (χ0) is 16.7. The Labute approximate surface area is 137 Å². The molecule has 0 radical (unpaired) electrons. The average molecular weight is 333 g/mol. The van der Waals surface area contributed by atoms with E-state index in [0.29, 0.717) is 25.9 Å². The second kappa shape index (κ2) is 5.74. The first-order chi connectivity index (χ1) is 10.9. The van der Waals surface area contributed by atoms with Gasteiger partial charge in [0.2, 0.25) is 0 Å². The number of fused-ring (bicyclic) bond motifs is 1. The molecule has 1 aliphatic heterocycles. The van der Waals surface area contributed by atoms with E-state index in [4.69, 9.17) is 0 Å². The third-order valence-electron chi connectivity index (χ3n) is 5.21. The Hall–Kier alpha value is -1.69. The van der Waals surface area contributed by atoms with Crippen molar-refractivity contribution in [2.75, 3.05) is 23.7 Å². The molecule has 3 rings (SSSR count). The van der Waals surface area contributed by atoms with Crippen LogP contribution in [0.4, 0.5) is 5.82 Å². The van der Waals surface area contributed by atoms with Crippen LogP contribution in [-0.2, 0) is 9.84 Å². The maximum atomic E-state index is 12.6. The van der Waals surface area contributed by atoms with Gasteiger partial charge in [-0.25, -0.2) is 18.4 Å². The number of aromatic nitrogens is 2. The third-order valence-corrected chi connectivity index (χ3v) is 7.95. The molecule has 5 nitrogen and oxygen atoms in total. The molecule has 1 saturated heterocycles. The average Bonchev–Trinajstić information content (AvgIpc) is 2.55. The highest BCUT2D eigenvalue weighted by Gasteiger charge is 2.45. The van der Waals surface area contributed by atoms with E-state index in [-0.39, 0.29) is 5.75 Å². The van der Waals surface area contributed by atoms with Crippen molar-refractivity contribution in [3.8, 4) is 0 Å². The molecule has 1 aliphatic rings. The number of hydrogen-bond acceptors (Lipinski definition) is 5. The highest BCUT2D eigenvalue weighted by atomic mass is 32.2. The van der Waals surface area contributed by atoms with Crippen LogP contribution >= 0.6 is 0 Å². The van der Waals surface area contributed by atoms with Gasteiger partial charge in [-0.3, -0.25) is 0 Å². The molecular formula is C17H23N3O2S. The summed E-state index contributed by atoms with van der Waals surface area (Å²) >= 11 is 0. The van der Waals surface area contributed by atoms with Gasteiger partial charge in [0.25, 0.3) is 0 Å². The summed E-state index contributed by atoms with van der Waals surface area (Å²) in [4.78, 5) is 11.0. The topological polar surface area (TPSA) is 63.2 Å². The fourth-order valence-corrected chi connectivity index (χ4v) is 5.69. The van der Waals surface area contributed by atoms with E-state index in [9.17, 15) is 8.42 Å². The van der Waals surface area contributed by atoms with Gasteiger partial charge in [0, 0.05) is 18.5 Å². The first kappa shape index (κ1) is 16.2. The van der Waals surface area contributed by atoms with Gasteiger partial charge in [0.1, 0.15) is 12.1 Å². The summed E-state index contributed by atoms with van der Waals surface area (Å²) in [5.74, 6) is 1.04. The first-order valence-electron chi connectivity index (χ1n) is 8.11. The summed E-state index contributed by atoms with van der Waals surface area (Å²) in [6.07, 6.45) is 2.83. The van der Waals surface area contributed by atoms with E-state index in [1.807, 2.05) is 39.0 Å². The van der Waals surface area contributed by atoms with Gasteiger partial charge in [-0.1, -0.05) is 26.0 Å². The Kier molecular flexibility index (Phi) is 4.04. The highest BCUT2D eigenvalue weighted by Crippen LogP contribution is 2.35. The lowest BCUT2D eigenvalue weighted by molar-refractivity contribution is 0.458. The fourth-order valence-electron chi connectivity index (χ4n) is 3.57. The van der Waals surface area contributed by atoms with Crippen molar-refractivity contribution < 1.29 is 8.42 Å². The Morgan fingerprint density at radius 3 is 2.65 bits per heavy atom. The van der Waals surface area contributed by atoms with Gasteiger partial charge < -0.3 is 4.90 Å². The Morgan fingerprint density at radius 2 is 1.96 bits per heavy atom. The van der Waals surface area contributed by atoms with E-state index in [2.05, 4.69) is 14.9 Å². The van der Waals surface area contributed by atoms with Crippen molar-refractivity contribution in [3.63, 3.8) is 0 Å². The van der Waals surface area contributed by atoms with Crippen molar-refractivity contribution in [1.82, 2.24) is 9.97 Å². The number of anilines is 1. The number of hydrogen-bond donors (Lipinski definition) is 0. The van der Waals surface area contributed by atoms with Crippen LogP contribution in [0.25, 0.3) is 10.9 Å². The molecular weight excluding hydrogens is 310 g/mol. The molecule has 0 N–H and O–H groups in total. The number of benzene rings is 1. The molecule has 0 aliphatic carbocycles. The quantitative estimate of drug-likeness (QED) is 0.864. The summed E-state index contributed by atoms with van der Waals surface area (Å²) in [6, 6.07) is 6.00. The summed E-state index contributed by atoms with van der Waals surface area (Å²) in [5, 5.41) is 1.02. The lowest BCUT2D eigenvalue weighted by Crippen LogP contribution is -2.56. The van der Waals surface area contributed by atoms with E-state index in [1.165, 1.54) is 0 Å². The van der Waals surface area contributed by atoms with Crippen LogP contribution in [0.3, 0.4) is 0 Å². The van der Waals surface area contributed by atoms with Crippen LogP contribution in [0, 0.1) is 6.92 Å². The normalized spacial score (nSPS) is 19.9. The van der Waals surface area contributed by atoms with Crippen molar-refractivity contribution in [2.24, 2.45) is 0 Å². The molecule has 0 bridgehead atoms. The second-order valence-electron chi connectivity index (χ2n) is 6.30. The molecule has 23 heavy (non-hydrogen) atoms. The minimum absolute atomic E-state index is 0.187. The maximum absolute atomic E-state index is 12.6. The van der Waals surface area contributed by atoms with Crippen molar-refractivity contribution >= 4 is 26.6 Å². The molecule has 2 aromatic rings. The largest absolute Gasteiger partial charge is 0.353 e.